The summed E-state index contributed by atoms with van der Waals surface area (Å²) in [6.45, 7) is 9.02. The second-order valence-corrected chi connectivity index (χ2v) is 11.0. The fraction of sp³-hybridized carbons (Fsp3) is 0.171. The zero-order valence-electron chi connectivity index (χ0n) is 23.1. The summed E-state index contributed by atoms with van der Waals surface area (Å²) in [7, 11) is 0. The molecule has 5 nitrogen and oxygen atoms in total. The van der Waals surface area contributed by atoms with E-state index in [1.54, 1.807) is 12.5 Å². The molecule has 0 spiro atoms. The molecule has 7 aromatic rings. The first-order valence-corrected chi connectivity index (χ1v) is 13.8. The van der Waals surface area contributed by atoms with Crippen LogP contribution in [0.2, 0.25) is 0 Å². The van der Waals surface area contributed by atoms with Crippen LogP contribution in [-0.4, -0.2) is 19.5 Å². The van der Waals surface area contributed by atoms with Crippen molar-refractivity contribution < 1.29 is 4.42 Å². The molecule has 0 N–H and O–H groups in total. The Kier molecular flexibility index (Phi) is 5.74. The second-order valence-electron chi connectivity index (χ2n) is 11.0. The van der Waals surface area contributed by atoms with Crippen molar-refractivity contribution in [2.45, 2.75) is 39.5 Å². The van der Waals surface area contributed by atoms with Crippen LogP contribution >= 0.6 is 0 Å². The topological polar surface area (TPSA) is 56.7 Å². The van der Waals surface area contributed by atoms with Crippen LogP contribution in [0.25, 0.3) is 61.3 Å². The molecule has 0 saturated carbocycles. The van der Waals surface area contributed by atoms with Gasteiger partial charge in [-0.1, -0.05) is 88.4 Å². The first kappa shape index (κ1) is 24.3. The van der Waals surface area contributed by atoms with E-state index in [-0.39, 0.29) is 11.8 Å². The van der Waals surface area contributed by atoms with Crippen molar-refractivity contribution in [2.75, 3.05) is 0 Å². The summed E-state index contributed by atoms with van der Waals surface area (Å²) in [6.07, 6.45) is 3.40. The number of nitrogens with zero attached hydrogens (tertiary/aromatic N) is 4. The Bertz CT molecular complexity index is 1990. The van der Waals surface area contributed by atoms with Gasteiger partial charge in [0.2, 0.25) is 0 Å². The number of hydrogen-bond acceptors (Lipinski definition) is 4. The molecule has 40 heavy (non-hydrogen) atoms. The minimum absolute atomic E-state index is 0.269. The van der Waals surface area contributed by atoms with Crippen molar-refractivity contribution in [1.82, 2.24) is 19.5 Å². The van der Waals surface area contributed by atoms with Gasteiger partial charge in [-0.25, -0.2) is 15.0 Å². The van der Waals surface area contributed by atoms with Gasteiger partial charge >= 0.3 is 0 Å². The summed E-state index contributed by atoms with van der Waals surface area (Å²) < 4.78 is 8.70. The Balaban J connectivity index is 1.59. The lowest BCUT2D eigenvalue weighted by Gasteiger charge is -2.24. The highest BCUT2D eigenvalue weighted by atomic mass is 16.3. The predicted octanol–water partition coefficient (Wildman–Crippen LogP) is 9.30. The van der Waals surface area contributed by atoms with Crippen LogP contribution in [0.15, 0.2) is 102 Å². The van der Waals surface area contributed by atoms with E-state index in [1.807, 2.05) is 18.2 Å². The molecule has 0 aliphatic heterocycles. The van der Waals surface area contributed by atoms with Gasteiger partial charge in [-0.15, -0.1) is 0 Å². The normalized spacial score (nSPS) is 11.9. The molecule has 0 atom stereocenters. The maximum Gasteiger partial charge on any atom is 0.168 e. The van der Waals surface area contributed by atoms with Gasteiger partial charge in [-0.3, -0.25) is 4.57 Å². The summed E-state index contributed by atoms with van der Waals surface area (Å²) in [4.78, 5) is 14.2. The molecular weight excluding hydrogens is 492 g/mol. The Morgan fingerprint density at radius 1 is 0.725 bits per heavy atom. The standard InChI is InChI=1S/C35H30N4O/c1-21(2)28-17-24(23-11-6-5-7-12-23)18-29(22(3)4)32(28)39-34(38-30-19-36-20-37-35(30)39)27-15-10-14-26-25-13-8-9-16-31(25)40-33(26)27/h5-22H,1-4H3. The van der Waals surface area contributed by atoms with E-state index < -0.39 is 0 Å². The Hall–Kier alpha value is -4.77. The van der Waals surface area contributed by atoms with Gasteiger partial charge < -0.3 is 4.42 Å². The largest absolute Gasteiger partial charge is 0.455 e. The molecule has 0 aliphatic carbocycles. The summed E-state index contributed by atoms with van der Waals surface area (Å²) in [6, 6.07) is 29.8. The SMILES string of the molecule is CC(C)c1cc(-c2ccccc2)cc(C(C)C)c1-n1c(-c2cccc3c2oc2ccccc23)nc2cncnc21. The molecule has 5 heteroatoms. The van der Waals surface area contributed by atoms with Crippen molar-refractivity contribution in [3.8, 4) is 28.2 Å². The zero-order valence-corrected chi connectivity index (χ0v) is 23.1. The van der Waals surface area contributed by atoms with Crippen molar-refractivity contribution in [3.63, 3.8) is 0 Å². The molecule has 0 amide bonds. The molecule has 0 fully saturated rings. The fourth-order valence-electron chi connectivity index (χ4n) is 5.76. The Labute approximate surface area is 233 Å². The first-order valence-electron chi connectivity index (χ1n) is 13.8. The molecule has 4 aromatic carbocycles. The minimum Gasteiger partial charge on any atom is -0.455 e. The molecule has 0 bridgehead atoms. The maximum atomic E-state index is 6.47. The smallest absolute Gasteiger partial charge is 0.168 e. The molecule has 0 saturated heterocycles. The highest BCUT2D eigenvalue weighted by Crippen LogP contribution is 2.42. The van der Waals surface area contributed by atoms with Crippen molar-refractivity contribution in [1.29, 1.82) is 0 Å². The van der Waals surface area contributed by atoms with Crippen LogP contribution in [0.3, 0.4) is 0 Å². The number of imidazole rings is 1. The summed E-state index contributed by atoms with van der Waals surface area (Å²) in [5, 5.41) is 2.17. The number of rotatable bonds is 5. The zero-order chi connectivity index (χ0) is 27.4. The lowest BCUT2D eigenvalue weighted by Crippen LogP contribution is -2.10. The predicted molar refractivity (Wildman–Crippen MR) is 163 cm³/mol. The van der Waals surface area contributed by atoms with E-state index in [4.69, 9.17) is 14.4 Å². The van der Waals surface area contributed by atoms with E-state index in [1.165, 1.54) is 22.3 Å². The second kappa shape index (κ2) is 9.45. The number of fused-ring (bicyclic) bond motifs is 4. The monoisotopic (exact) mass is 522 g/mol. The van der Waals surface area contributed by atoms with Crippen LogP contribution in [0.4, 0.5) is 0 Å². The van der Waals surface area contributed by atoms with E-state index in [2.05, 4.69) is 104 Å². The molecule has 0 aliphatic rings. The van der Waals surface area contributed by atoms with E-state index in [0.29, 0.717) is 0 Å². The van der Waals surface area contributed by atoms with Crippen molar-refractivity contribution in [3.05, 3.63) is 109 Å². The summed E-state index contributed by atoms with van der Waals surface area (Å²) >= 11 is 0. The number of aromatic nitrogens is 4. The molecule has 7 rings (SSSR count). The molecule has 196 valence electrons. The molecular formula is C35H30N4O. The van der Waals surface area contributed by atoms with Crippen LogP contribution < -0.4 is 0 Å². The number of benzene rings is 4. The molecule has 3 heterocycles. The Morgan fingerprint density at radius 2 is 1.43 bits per heavy atom. The van der Waals surface area contributed by atoms with Gasteiger partial charge in [0.1, 0.15) is 23.0 Å². The van der Waals surface area contributed by atoms with Crippen LogP contribution in [0, 0.1) is 0 Å². The number of furan rings is 1. The average Bonchev–Trinajstić information content (AvgIpc) is 3.55. The third-order valence-electron chi connectivity index (χ3n) is 7.71. The quantitative estimate of drug-likeness (QED) is 0.226. The van der Waals surface area contributed by atoms with E-state index in [9.17, 15) is 0 Å². The molecule has 3 aromatic heterocycles. The lowest BCUT2D eigenvalue weighted by molar-refractivity contribution is 0.669. The van der Waals surface area contributed by atoms with Crippen LogP contribution in [-0.2, 0) is 0 Å². The molecule has 0 unspecified atom stereocenters. The summed E-state index contributed by atoms with van der Waals surface area (Å²) in [5.41, 5.74) is 10.2. The lowest BCUT2D eigenvalue weighted by atomic mass is 9.88. The van der Waals surface area contributed by atoms with Crippen LogP contribution in [0.5, 0.6) is 0 Å². The highest BCUT2D eigenvalue weighted by Gasteiger charge is 2.26. The van der Waals surface area contributed by atoms with Gasteiger partial charge in [-0.2, -0.15) is 0 Å². The number of para-hydroxylation sites is 2. The van der Waals surface area contributed by atoms with Gasteiger partial charge in [-0.05, 0) is 58.4 Å². The third-order valence-corrected chi connectivity index (χ3v) is 7.71. The van der Waals surface area contributed by atoms with Gasteiger partial charge in [0.15, 0.2) is 11.5 Å². The van der Waals surface area contributed by atoms with Crippen molar-refractivity contribution in [2.24, 2.45) is 0 Å². The maximum absolute atomic E-state index is 6.47. The fourth-order valence-corrected chi connectivity index (χ4v) is 5.76. The van der Waals surface area contributed by atoms with Crippen LogP contribution in [0.1, 0.15) is 50.7 Å². The third kappa shape index (κ3) is 3.81. The van der Waals surface area contributed by atoms with Gasteiger partial charge in [0.25, 0.3) is 0 Å². The number of hydrogen-bond donors (Lipinski definition) is 0. The highest BCUT2D eigenvalue weighted by molar-refractivity contribution is 6.09. The first-order chi connectivity index (χ1) is 19.5. The Morgan fingerprint density at radius 3 is 2.17 bits per heavy atom. The average molecular weight is 523 g/mol. The van der Waals surface area contributed by atoms with Crippen molar-refractivity contribution >= 4 is 33.1 Å². The van der Waals surface area contributed by atoms with Gasteiger partial charge in [0.05, 0.1) is 17.4 Å². The van der Waals surface area contributed by atoms with E-state index in [0.717, 1.165) is 50.2 Å². The van der Waals surface area contributed by atoms with Gasteiger partial charge in [0, 0.05) is 10.8 Å². The minimum atomic E-state index is 0.269. The molecule has 0 radical (unpaired) electrons. The summed E-state index contributed by atoms with van der Waals surface area (Å²) in [5.74, 6) is 1.34. The van der Waals surface area contributed by atoms with E-state index >= 15 is 0 Å².